The molecule has 1 saturated heterocycles. The van der Waals surface area contributed by atoms with Gasteiger partial charge in [0.1, 0.15) is 10.7 Å². The smallest absolute Gasteiger partial charge is 0.269 e. The Morgan fingerprint density at radius 1 is 1.12 bits per heavy atom. The summed E-state index contributed by atoms with van der Waals surface area (Å²) in [7, 11) is 5.63. The van der Waals surface area contributed by atoms with E-state index < -0.39 is 0 Å². The molecule has 170 valence electrons. The molecular formula is C24H25N5O2S2. The first-order chi connectivity index (χ1) is 16.0. The molecule has 0 unspecified atom stereocenters. The summed E-state index contributed by atoms with van der Waals surface area (Å²) in [6.07, 6.45) is 3.73. The maximum Gasteiger partial charge on any atom is 0.269 e. The van der Waals surface area contributed by atoms with Crippen LogP contribution in [0.4, 0.5) is 11.4 Å². The molecule has 2 aliphatic heterocycles. The maximum atomic E-state index is 13.5. The van der Waals surface area contributed by atoms with Crippen molar-refractivity contribution >= 4 is 57.0 Å². The van der Waals surface area contributed by atoms with Crippen LogP contribution in [-0.4, -0.2) is 46.2 Å². The summed E-state index contributed by atoms with van der Waals surface area (Å²) in [4.78, 5) is 28.6. The molecule has 7 nitrogen and oxygen atoms in total. The molecule has 9 heteroatoms. The van der Waals surface area contributed by atoms with Crippen LogP contribution in [-0.2, 0) is 11.8 Å². The highest BCUT2D eigenvalue weighted by Crippen LogP contribution is 2.51. The number of carbonyl (C=O) groups excluding carboxylic acids is 1. The molecule has 1 amide bonds. The van der Waals surface area contributed by atoms with Crippen molar-refractivity contribution in [1.82, 2.24) is 14.5 Å². The minimum atomic E-state index is 0.0141. The van der Waals surface area contributed by atoms with Crippen LogP contribution in [0.15, 0.2) is 62.5 Å². The van der Waals surface area contributed by atoms with Crippen LogP contribution in [0.1, 0.15) is 19.8 Å². The Hall–Kier alpha value is -2.91. The number of aliphatic imine (C=N–C) groups is 1. The number of benzene rings is 2. The van der Waals surface area contributed by atoms with E-state index in [-0.39, 0.29) is 5.91 Å². The summed E-state index contributed by atoms with van der Waals surface area (Å²) in [6.45, 7) is 2.78. The number of carbonyl (C=O) groups is 1. The summed E-state index contributed by atoms with van der Waals surface area (Å²) in [5.41, 5.74) is 3.78. The third-order valence-electron chi connectivity index (χ3n) is 5.77. The van der Waals surface area contributed by atoms with Crippen LogP contribution >= 0.6 is 23.5 Å². The predicted octanol–water partition coefficient (Wildman–Crippen LogP) is 5.36. The van der Waals surface area contributed by atoms with E-state index in [2.05, 4.69) is 16.8 Å². The first-order valence-corrected chi connectivity index (χ1v) is 12.5. The largest absolute Gasteiger partial charge is 0.497 e. The molecule has 1 aromatic heterocycles. The quantitative estimate of drug-likeness (QED) is 0.459. The summed E-state index contributed by atoms with van der Waals surface area (Å²) in [5, 5.41) is 1.65. The molecule has 3 aromatic rings. The molecule has 3 heterocycles. The average molecular weight is 480 g/mol. The number of hydrogen-bond donors (Lipinski definition) is 0. The summed E-state index contributed by atoms with van der Waals surface area (Å²) < 4.78 is 7.37. The van der Waals surface area contributed by atoms with Gasteiger partial charge in [0.2, 0.25) is 0 Å². The van der Waals surface area contributed by atoms with Gasteiger partial charge < -0.3 is 14.2 Å². The molecule has 0 saturated carbocycles. The Kier molecular flexibility index (Phi) is 5.84. The van der Waals surface area contributed by atoms with Crippen LogP contribution in [0.2, 0.25) is 0 Å². The number of aromatic nitrogens is 2. The maximum absolute atomic E-state index is 13.5. The zero-order valence-electron chi connectivity index (χ0n) is 19.0. The number of hydrogen-bond acceptors (Lipinski definition) is 7. The standard InChI is InChI=1S/C24H25N5O2S2/c1-5-6-11-29-22(30)21(23-28(3)19-13-16(31-4)8-10-20(19)32-23)33-24(29)26-15-7-9-18-17(12-15)25-14-27(18)2/h7-10,12-14H,5-6,11H2,1-4H3/b23-21-,26-24?. The van der Waals surface area contributed by atoms with Crippen molar-refractivity contribution in [3.05, 3.63) is 52.7 Å². The summed E-state index contributed by atoms with van der Waals surface area (Å²) >= 11 is 3.07. The first-order valence-electron chi connectivity index (χ1n) is 10.8. The van der Waals surface area contributed by atoms with Crippen molar-refractivity contribution in [2.45, 2.75) is 24.7 Å². The summed E-state index contributed by atoms with van der Waals surface area (Å²) in [6, 6.07) is 12.0. The predicted molar refractivity (Wildman–Crippen MR) is 136 cm³/mol. The average Bonchev–Trinajstić information content (AvgIpc) is 3.45. The van der Waals surface area contributed by atoms with Crippen molar-refractivity contribution in [1.29, 1.82) is 0 Å². The number of nitrogens with zero attached hydrogens (tertiary/aromatic N) is 5. The Labute approximate surface area is 201 Å². The van der Waals surface area contributed by atoms with Gasteiger partial charge in [-0.05, 0) is 48.5 Å². The van der Waals surface area contributed by atoms with E-state index in [0.29, 0.717) is 16.6 Å². The minimum absolute atomic E-state index is 0.0141. The van der Waals surface area contributed by atoms with E-state index in [1.807, 2.05) is 60.0 Å². The van der Waals surface area contributed by atoms with E-state index in [1.165, 1.54) is 11.8 Å². The van der Waals surface area contributed by atoms with Gasteiger partial charge in [0.15, 0.2) is 5.17 Å². The molecule has 2 aliphatic rings. The number of anilines is 1. The van der Waals surface area contributed by atoms with Gasteiger partial charge in [-0.25, -0.2) is 9.98 Å². The van der Waals surface area contributed by atoms with Crippen molar-refractivity contribution in [3.8, 4) is 5.75 Å². The van der Waals surface area contributed by atoms with Gasteiger partial charge in [-0.15, -0.1) is 0 Å². The fourth-order valence-corrected chi connectivity index (χ4v) is 6.24. The summed E-state index contributed by atoms with van der Waals surface area (Å²) in [5.74, 6) is 0.815. The molecule has 0 aliphatic carbocycles. The third-order valence-corrected chi connectivity index (χ3v) is 8.20. The van der Waals surface area contributed by atoms with E-state index >= 15 is 0 Å². The van der Waals surface area contributed by atoms with Crippen molar-refractivity contribution in [2.75, 3.05) is 25.6 Å². The Morgan fingerprint density at radius 3 is 2.76 bits per heavy atom. The molecular weight excluding hydrogens is 454 g/mol. The lowest BCUT2D eigenvalue weighted by atomic mass is 10.3. The lowest BCUT2D eigenvalue weighted by molar-refractivity contribution is -0.122. The number of amides is 1. The van der Waals surface area contributed by atoms with Crippen molar-refractivity contribution in [3.63, 3.8) is 0 Å². The topological polar surface area (TPSA) is 63.0 Å². The van der Waals surface area contributed by atoms with E-state index in [1.54, 1.807) is 25.2 Å². The lowest BCUT2D eigenvalue weighted by Gasteiger charge is -2.16. The minimum Gasteiger partial charge on any atom is -0.497 e. The number of rotatable bonds is 5. The zero-order chi connectivity index (χ0) is 23.1. The molecule has 1 fully saturated rings. The molecule has 0 spiro atoms. The normalized spacial score (nSPS) is 19.3. The van der Waals surface area contributed by atoms with Gasteiger partial charge in [-0.2, -0.15) is 0 Å². The van der Waals surface area contributed by atoms with Crippen LogP contribution in [0.5, 0.6) is 5.75 Å². The SMILES string of the molecule is CCCCN1C(=O)/C(=C2/Sc3ccc(OC)cc3N2C)SC1=Nc1ccc2c(c1)ncn2C. The molecule has 33 heavy (non-hydrogen) atoms. The molecule has 5 rings (SSSR count). The van der Waals surface area contributed by atoms with Crippen LogP contribution in [0.25, 0.3) is 11.0 Å². The monoisotopic (exact) mass is 479 g/mol. The third kappa shape index (κ3) is 3.89. The van der Waals surface area contributed by atoms with E-state index in [9.17, 15) is 4.79 Å². The number of fused-ring (bicyclic) bond motifs is 2. The van der Waals surface area contributed by atoms with Gasteiger partial charge in [0.05, 0.1) is 40.9 Å². The second-order valence-electron chi connectivity index (χ2n) is 7.96. The molecule has 0 radical (unpaired) electrons. The number of amidine groups is 1. The van der Waals surface area contributed by atoms with Crippen LogP contribution < -0.4 is 9.64 Å². The zero-order valence-corrected chi connectivity index (χ0v) is 20.7. The van der Waals surface area contributed by atoms with E-state index in [0.717, 1.165) is 50.9 Å². The van der Waals surface area contributed by atoms with Gasteiger partial charge >= 0.3 is 0 Å². The second kappa shape index (κ2) is 8.79. The van der Waals surface area contributed by atoms with Gasteiger partial charge in [0, 0.05) is 31.6 Å². The van der Waals surface area contributed by atoms with Gasteiger partial charge in [-0.1, -0.05) is 25.1 Å². The Morgan fingerprint density at radius 2 is 1.97 bits per heavy atom. The number of ether oxygens (including phenoxy) is 1. The molecule has 0 N–H and O–H groups in total. The second-order valence-corrected chi connectivity index (χ2v) is 9.97. The highest BCUT2D eigenvalue weighted by molar-refractivity contribution is 8.19. The van der Waals surface area contributed by atoms with Gasteiger partial charge in [0.25, 0.3) is 5.91 Å². The van der Waals surface area contributed by atoms with Gasteiger partial charge in [-0.3, -0.25) is 9.69 Å². The van der Waals surface area contributed by atoms with Crippen LogP contribution in [0.3, 0.4) is 0 Å². The number of methoxy groups -OCH3 is 1. The molecule has 0 atom stereocenters. The number of imidazole rings is 1. The molecule has 0 bridgehead atoms. The molecule has 2 aromatic carbocycles. The van der Waals surface area contributed by atoms with E-state index in [4.69, 9.17) is 9.73 Å². The fourth-order valence-electron chi connectivity index (χ4n) is 3.89. The number of unbranched alkanes of at least 4 members (excludes halogenated alkanes) is 1. The lowest BCUT2D eigenvalue weighted by Crippen LogP contribution is -2.30. The first kappa shape index (κ1) is 21.9. The number of thioether (sulfide) groups is 2. The highest BCUT2D eigenvalue weighted by atomic mass is 32.2. The Bertz CT molecular complexity index is 1310. The van der Waals surface area contributed by atoms with Crippen molar-refractivity contribution in [2.24, 2.45) is 12.0 Å². The fraction of sp³-hybridized carbons (Fsp3) is 0.292. The Balaban J connectivity index is 1.52. The highest BCUT2D eigenvalue weighted by Gasteiger charge is 2.39. The van der Waals surface area contributed by atoms with Crippen molar-refractivity contribution < 1.29 is 9.53 Å². The number of aryl methyl sites for hydroxylation is 1. The van der Waals surface area contributed by atoms with Crippen LogP contribution in [0, 0.1) is 0 Å².